The van der Waals surface area contributed by atoms with Gasteiger partial charge in [-0.1, -0.05) is 24.3 Å². The quantitative estimate of drug-likeness (QED) is 0.716. The van der Waals surface area contributed by atoms with Gasteiger partial charge in [0.05, 0.1) is 11.9 Å². The van der Waals surface area contributed by atoms with Crippen LogP contribution in [0.4, 0.5) is 11.6 Å². The zero-order valence-electron chi connectivity index (χ0n) is 16.7. The number of piperazine rings is 1. The molecule has 8 nitrogen and oxygen atoms in total. The normalized spacial score (nSPS) is 13.8. The minimum atomic E-state index is -0.349. The predicted molar refractivity (Wildman–Crippen MR) is 118 cm³/mol. The van der Waals surface area contributed by atoms with Crippen LogP contribution in [0.2, 0.25) is 0 Å². The molecular formula is C22H26N6O2. The highest BCUT2D eigenvalue weighted by atomic mass is 16.2. The minimum absolute atomic E-state index is 0. The first-order valence-electron chi connectivity index (χ1n) is 9.77. The highest BCUT2D eigenvalue weighted by Gasteiger charge is 2.24. The number of carbonyl (C=O) groups is 2. The number of benzene rings is 1. The average molecular weight is 406 g/mol. The van der Waals surface area contributed by atoms with Gasteiger partial charge in [-0.15, -0.1) is 0 Å². The highest BCUT2D eigenvalue weighted by Crippen LogP contribution is 2.17. The Morgan fingerprint density at radius 2 is 1.70 bits per heavy atom. The second-order valence-corrected chi connectivity index (χ2v) is 6.98. The fourth-order valence-electron chi connectivity index (χ4n) is 3.32. The zero-order valence-corrected chi connectivity index (χ0v) is 16.7. The molecule has 3 aromatic rings. The van der Waals surface area contributed by atoms with Gasteiger partial charge < -0.3 is 15.1 Å². The third-order valence-corrected chi connectivity index (χ3v) is 4.98. The first-order valence-corrected chi connectivity index (χ1v) is 9.77. The molecule has 8 heteroatoms. The predicted octanol–water partition coefficient (Wildman–Crippen LogP) is 2.89. The third kappa shape index (κ3) is 4.27. The van der Waals surface area contributed by atoms with Gasteiger partial charge in [-0.05, 0) is 31.2 Å². The van der Waals surface area contributed by atoms with Crippen molar-refractivity contribution in [1.82, 2.24) is 19.9 Å². The topological polar surface area (TPSA) is 91.3 Å². The van der Waals surface area contributed by atoms with E-state index in [1.165, 1.54) is 0 Å². The number of rotatable bonds is 4. The molecule has 30 heavy (non-hydrogen) atoms. The Morgan fingerprint density at radius 1 is 0.967 bits per heavy atom. The van der Waals surface area contributed by atoms with Gasteiger partial charge in [0.1, 0.15) is 11.6 Å². The summed E-state index contributed by atoms with van der Waals surface area (Å²) in [5.41, 5.74) is 1.50. The van der Waals surface area contributed by atoms with Crippen LogP contribution >= 0.6 is 0 Å². The molecule has 1 saturated heterocycles. The van der Waals surface area contributed by atoms with Crippen molar-refractivity contribution in [3.05, 3.63) is 77.9 Å². The van der Waals surface area contributed by atoms with Gasteiger partial charge in [0.25, 0.3) is 11.8 Å². The third-order valence-electron chi connectivity index (χ3n) is 4.98. The number of hydrogen-bond donors (Lipinski definition) is 1. The van der Waals surface area contributed by atoms with Crippen LogP contribution in [-0.4, -0.2) is 57.8 Å². The summed E-state index contributed by atoms with van der Waals surface area (Å²) < 4.78 is 0. The van der Waals surface area contributed by atoms with Crippen molar-refractivity contribution in [2.24, 2.45) is 0 Å². The molecule has 1 fully saturated rings. The van der Waals surface area contributed by atoms with Crippen molar-refractivity contribution in [2.45, 2.75) is 6.92 Å². The van der Waals surface area contributed by atoms with Crippen molar-refractivity contribution < 1.29 is 12.4 Å². The van der Waals surface area contributed by atoms with E-state index in [9.17, 15) is 9.59 Å². The van der Waals surface area contributed by atoms with Crippen LogP contribution in [0.15, 0.2) is 60.9 Å². The molecule has 156 valence electrons. The summed E-state index contributed by atoms with van der Waals surface area (Å²) in [5, 5.41) is 2.75. The molecular weight excluding hydrogens is 380 g/mol. The molecule has 1 aliphatic rings. The van der Waals surface area contributed by atoms with Crippen LogP contribution < -0.4 is 10.2 Å². The van der Waals surface area contributed by atoms with Gasteiger partial charge in [0.2, 0.25) is 0 Å². The number of anilines is 2. The first-order chi connectivity index (χ1) is 14.6. The standard InChI is InChI=1S/C22H22N6O2.2H2/c1-16-20(21(29)25-18-9-5-6-10-23-18)26-19(15-24-16)27-11-13-28(14-12-27)22(30)17-7-3-2-4-8-17;;/h2-10,15H,11-14H2,1H3,(H,23,25,29);2*1H. The molecule has 0 spiro atoms. The molecule has 2 aromatic heterocycles. The van der Waals surface area contributed by atoms with E-state index < -0.39 is 0 Å². The molecule has 0 atom stereocenters. The number of hydrogen-bond acceptors (Lipinski definition) is 6. The smallest absolute Gasteiger partial charge is 0.277 e. The van der Waals surface area contributed by atoms with Gasteiger partial charge in [-0.25, -0.2) is 9.97 Å². The summed E-state index contributed by atoms with van der Waals surface area (Å²) in [6, 6.07) is 14.6. The van der Waals surface area contributed by atoms with E-state index in [2.05, 4.69) is 20.3 Å². The molecule has 0 saturated carbocycles. The maximum absolute atomic E-state index is 12.6. The summed E-state index contributed by atoms with van der Waals surface area (Å²) >= 11 is 0. The first kappa shape index (κ1) is 19.5. The molecule has 0 aliphatic carbocycles. The highest BCUT2D eigenvalue weighted by molar-refractivity contribution is 6.03. The summed E-state index contributed by atoms with van der Waals surface area (Å²) in [6.45, 7) is 4.16. The lowest BCUT2D eigenvalue weighted by Gasteiger charge is -2.35. The Labute approximate surface area is 177 Å². The maximum Gasteiger partial charge on any atom is 0.277 e. The van der Waals surface area contributed by atoms with Gasteiger partial charge in [-0.2, -0.15) is 0 Å². The van der Waals surface area contributed by atoms with Crippen LogP contribution in [0.1, 0.15) is 29.4 Å². The fourth-order valence-corrected chi connectivity index (χ4v) is 3.32. The van der Waals surface area contributed by atoms with Crippen LogP contribution in [0.3, 0.4) is 0 Å². The minimum Gasteiger partial charge on any atom is -0.352 e. The molecule has 3 heterocycles. The Hall–Kier alpha value is -3.81. The summed E-state index contributed by atoms with van der Waals surface area (Å²) in [7, 11) is 0. The van der Waals surface area contributed by atoms with Gasteiger partial charge in [0, 0.05) is 40.8 Å². The summed E-state index contributed by atoms with van der Waals surface area (Å²) in [4.78, 5) is 42.1. The molecule has 0 unspecified atom stereocenters. The number of nitrogens with one attached hydrogen (secondary N) is 1. The summed E-state index contributed by atoms with van der Waals surface area (Å²) in [6.07, 6.45) is 3.28. The van der Waals surface area contributed by atoms with Gasteiger partial charge in [0.15, 0.2) is 5.69 Å². The average Bonchev–Trinajstić information content (AvgIpc) is 2.80. The molecule has 0 radical (unpaired) electrons. The molecule has 4 rings (SSSR count). The fraction of sp³-hybridized carbons (Fsp3) is 0.227. The second kappa shape index (κ2) is 8.69. The van der Waals surface area contributed by atoms with Crippen LogP contribution in [0.25, 0.3) is 0 Å². The molecule has 1 N–H and O–H groups in total. The molecule has 1 aromatic carbocycles. The lowest BCUT2D eigenvalue weighted by molar-refractivity contribution is 0.0746. The molecule has 0 bridgehead atoms. The van der Waals surface area contributed by atoms with Crippen LogP contribution in [-0.2, 0) is 0 Å². The Kier molecular flexibility index (Phi) is 5.65. The Balaban J connectivity index is 0.00000181. The van der Waals surface area contributed by atoms with Crippen LogP contribution in [0, 0.1) is 6.92 Å². The lowest BCUT2D eigenvalue weighted by Crippen LogP contribution is -2.49. The Bertz CT molecular complexity index is 1040. The van der Waals surface area contributed by atoms with E-state index in [0.29, 0.717) is 49.1 Å². The number of nitrogens with zero attached hydrogens (tertiary/aromatic N) is 5. The maximum atomic E-state index is 12.6. The van der Waals surface area contributed by atoms with Crippen molar-refractivity contribution in [2.75, 3.05) is 36.4 Å². The number of aryl methyl sites for hydroxylation is 1. The van der Waals surface area contributed by atoms with E-state index in [1.54, 1.807) is 37.5 Å². The van der Waals surface area contributed by atoms with Gasteiger partial charge in [-0.3, -0.25) is 14.6 Å². The Morgan fingerprint density at radius 3 is 2.40 bits per heavy atom. The van der Waals surface area contributed by atoms with Crippen molar-refractivity contribution in [1.29, 1.82) is 0 Å². The largest absolute Gasteiger partial charge is 0.352 e. The molecule has 2 amide bonds. The van der Waals surface area contributed by atoms with Crippen molar-refractivity contribution in [3.8, 4) is 0 Å². The van der Waals surface area contributed by atoms with Crippen molar-refractivity contribution in [3.63, 3.8) is 0 Å². The van der Waals surface area contributed by atoms with E-state index in [1.807, 2.05) is 40.1 Å². The van der Waals surface area contributed by atoms with E-state index in [-0.39, 0.29) is 20.4 Å². The number of carbonyl (C=O) groups excluding carboxylic acids is 2. The van der Waals surface area contributed by atoms with Crippen LogP contribution in [0.5, 0.6) is 0 Å². The van der Waals surface area contributed by atoms with E-state index >= 15 is 0 Å². The second-order valence-electron chi connectivity index (χ2n) is 6.98. The number of pyridine rings is 1. The zero-order chi connectivity index (χ0) is 20.9. The molecule has 1 aliphatic heterocycles. The van der Waals surface area contributed by atoms with Gasteiger partial charge >= 0.3 is 0 Å². The number of aromatic nitrogens is 3. The summed E-state index contributed by atoms with van der Waals surface area (Å²) in [5.74, 6) is 0.764. The lowest BCUT2D eigenvalue weighted by atomic mass is 10.2. The van der Waals surface area contributed by atoms with Crippen molar-refractivity contribution >= 4 is 23.5 Å². The SMILES string of the molecule is Cc1ncc(N2CCN(C(=O)c3ccccc3)CC2)nc1C(=O)Nc1ccccn1.[HH].[HH]. The number of amides is 2. The monoisotopic (exact) mass is 406 g/mol. The van der Waals surface area contributed by atoms with E-state index in [4.69, 9.17) is 0 Å². The van der Waals surface area contributed by atoms with E-state index in [0.717, 1.165) is 0 Å².